The Morgan fingerprint density at radius 2 is 2.38 bits per heavy atom. The van der Waals surface area contributed by atoms with Crippen LogP contribution in [0.3, 0.4) is 0 Å². The van der Waals surface area contributed by atoms with E-state index >= 15 is 0 Å². The van der Waals surface area contributed by atoms with E-state index in [1.54, 1.807) is 0 Å². The first-order valence-corrected chi connectivity index (χ1v) is 5.86. The Morgan fingerprint density at radius 3 is 2.88 bits per heavy atom. The molecule has 1 aromatic rings. The molecule has 0 saturated heterocycles. The SMILES string of the molecule is CCc1nnc(NC(=O)CC(CN)OC)s1. The Kier molecular flexibility index (Phi) is 5.30. The third kappa shape index (κ3) is 3.84. The molecule has 0 aliphatic rings. The number of hydrogen-bond donors (Lipinski definition) is 2. The number of anilines is 1. The predicted octanol–water partition coefficient (Wildman–Crippen LogP) is 0.403. The Balaban J connectivity index is 2.44. The number of aryl methyl sites for hydroxylation is 1. The number of ether oxygens (including phenoxy) is 1. The van der Waals surface area contributed by atoms with Gasteiger partial charge in [-0.3, -0.25) is 4.79 Å². The van der Waals surface area contributed by atoms with Gasteiger partial charge < -0.3 is 15.8 Å². The second kappa shape index (κ2) is 6.51. The maximum atomic E-state index is 11.5. The van der Waals surface area contributed by atoms with Crippen molar-refractivity contribution in [1.82, 2.24) is 10.2 Å². The van der Waals surface area contributed by atoms with Crippen molar-refractivity contribution in [3.8, 4) is 0 Å². The monoisotopic (exact) mass is 244 g/mol. The molecule has 6 nitrogen and oxygen atoms in total. The molecule has 0 radical (unpaired) electrons. The molecule has 1 aromatic heterocycles. The van der Waals surface area contributed by atoms with Gasteiger partial charge in [0, 0.05) is 13.7 Å². The number of carbonyl (C=O) groups is 1. The van der Waals surface area contributed by atoms with E-state index in [-0.39, 0.29) is 18.4 Å². The van der Waals surface area contributed by atoms with Crippen molar-refractivity contribution in [2.45, 2.75) is 25.9 Å². The lowest BCUT2D eigenvalue weighted by atomic mass is 10.2. The van der Waals surface area contributed by atoms with E-state index in [0.717, 1.165) is 11.4 Å². The predicted molar refractivity (Wildman–Crippen MR) is 62.4 cm³/mol. The van der Waals surface area contributed by atoms with Crippen LogP contribution < -0.4 is 11.1 Å². The summed E-state index contributed by atoms with van der Waals surface area (Å²) in [4.78, 5) is 11.5. The van der Waals surface area contributed by atoms with Crippen LogP contribution in [-0.4, -0.2) is 35.9 Å². The highest BCUT2D eigenvalue weighted by Gasteiger charge is 2.13. The first-order valence-electron chi connectivity index (χ1n) is 5.04. The fraction of sp³-hybridized carbons (Fsp3) is 0.667. The van der Waals surface area contributed by atoms with E-state index in [1.807, 2.05) is 6.92 Å². The Hall–Kier alpha value is -1.05. The molecular formula is C9H16N4O2S. The average molecular weight is 244 g/mol. The molecular weight excluding hydrogens is 228 g/mol. The number of hydrogen-bond acceptors (Lipinski definition) is 6. The zero-order valence-electron chi connectivity index (χ0n) is 9.40. The fourth-order valence-corrected chi connectivity index (χ4v) is 1.78. The number of amides is 1. The van der Waals surface area contributed by atoms with Crippen LogP contribution in [0.25, 0.3) is 0 Å². The minimum Gasteiger partial charge on any atom is -0.380 e. The summed E-state index contributed by atoms with van der Waals surface area (Å²) in [5.74, 6) is -0.156. The molecule has 0 aliphatic carbocycles. The third-order valence-electron chi connectivity index (χ3n) is 2.02. The van der Waals surface area contributed by atoms with Crippen molar-refractivity contribution in [2.75, 3.05) is 19.0 Å². The highest BCUT2D eigenvalue weighted by Crippen LogP contribution is 2.15. The third-order valence-corrected chi connectivity index (χ3v) is 3.01. The molecule has 7 heteroatoms. The molecule has 0 aromatic carbocycles. The number of nitrogens with zero attached hydrogens (tertiary/aromatic N) is 2. The highest BCUT2D eigenvalue weighted by atomic mass is 32.1. The van der Waals surface area contributed by atoms with Crippen LogP contribution in [-0.2, 0) is 16.0 Å². The number of carbonyl (C=O) groups excluding carboxylic acids is 1. The van der Waals surface area contributed by atoms with Gasteiger partial charge in [-0.2, -0.15) is 0 Å². The van der Waals surface area contributed by atoms with Gasteiger partial charge >= 0.3 is 0 Å². The van der Waals surface area contributed by atoms with E-state index in [9.17, 15) is 4.79 Å². The van der Waals surface area contributed by atoms with Crippen LogP contribution in [0.5, 0.6) is 0 Å². The Bertz CT molecular complexity index is 338. The van der Waals surface area contributed by atoms with Gasteiger partial charge in [0.15, 0.2) is 0 Å². The second-order valence-corrected chi connectivity index (χ2v) is 4.26. The molecule has 90 valence electrons. The topological polar surface area (TPSA) is 90.1 Å². The lowest BCUT2D eigenvalue weighted by Gasteiger charge is -2.11. The maximum absolute atomic E-state index is 11.5. The fourth-order valence-electron chi connectivity index (χ4n) is 1.09. The van der Waals surface area contributed by atoms with Crippen LogP contribution in [0.2, 0.25) is 0 Å². The van der Waals surface area contributed by atoms with Crippen molar-refractivity contribution < 1.29 is 9.53 Å². The van der Waals surface area contributed by atoms with Gasteiger partial charge in [-0.1, -0.05) is 18.3 Å². The Labute approximate surface area is 98.2 Å². The summed E-state index contributed by atoms with van der Waals surface area (Å²) in [6.07, 6.45) is 0.795. The quantitative estimate of drug-likeness (QED) is 0.756. The standard InChI is InChI=1S/C9H16N4O2S/c1-3-8-12-13-9(16-8)11-7(14)4-6(5-10)15-2/h6H,3-5,10H2,1-2H3,(H,11,13,14). The summed E-state index contributed by atoms with van der Waals surface area (Å²) in [5.41, 5.74) is 5.42. The minimum atomic E-state index is -0.251. The summed E-state index contributed by atoms with van der Waals surface area (Å²) in [5, 5.41) is 11.8. The van der Waals surface area contributed by atoms with E-state index < -0.39 is 0 Å². The second-order valence-electron chi connectivity index (χ2n) is 3.20. The van der Waals surface area contributed by atoms with Crippen molar-refractivity contribution in [1.29, 1.82) is 0 Å². The van der Waals surface area contributed by atoms with Gasteiger partial charge in [0.05, 0.1) is 12.5 Å². The van der Waals surface area contributed by atoms with E-state index in [4.69, 9.17) is 10.5 Å². The van der Waals surface area contributed by atoms with E-state index in [1.165, 1.54) is 18.4 Å². The summed E-state index contributed by atoms with van der Waals surface area (Å²) in [7, 11) is 1.53. The molecule has 3 N–H and O–H groups in total. The molecule has 16 heavy (non-hydrogen) atoms. The largest absolute Gasteiger partial charge is 0.380 e. The van der Waals surface area contributed by atoms with Gasteiger partial charge in [0.1, 0.15) is 5.01 Å². The zero-order valence-corrected chi connectivity index (χ0v) is 10.2. The molecule has 0 saturated carbocycles. The summed E-state index contributed by atoms with van der Waals surface area (Å²) in [6.45, 7) is 2.31. The molecule has 1 amide bonds. The zero-order chi connectivity index (χ0) is 12.0. The molecule has 1 unspecified atom stereocenters. The number of aromatic nitrogens is 2. The van der Waals surface area contributed by atoms with Gasteiger partial charge in [-0.05, 0) is 6.42 Å². The minimum absolute atomic E-state index is 0.156. The van der Waals surface area contributed by atoms with Crippen molar-refractivity contribution in [3.63, 3.8) is 0 Å². The summed E-state index contributed by atoms with van der Waals surface area (Å²) >= 11 is 1.38. The molecule has 1 rings (SSSR count). The average Bonchev–Trinajstić information content (AvgIpc) is 2.73. The van der Waals surface area contributed by atoms with Crippen LogP contribution in [0.4, 0.5) is 5.13 Å². The van der Waals surface area contributed by atoms with Gasteiger partial charge in [0.25, 0.3) is 0 Å². The molecule has 0 bridgehead atoms. The van der Waals surface area contributed by atoms with E-state index in [2.05, 4.69) is 15.5 Å². The molecule has 1 heterocycles. The van der Waals surface area contributed by atoms with Crippen LogP contribution >= 0.6 is 11.3 Å². The lowest BCUT2D eigenvalue weighted by Crippen LogP contribution is -2.28. The van der Waals surface area contributed by atoms with Crippen LogP contribution in [0.15, 0.2) is 0 Å². The normalized spacial score (nSPS) is 12.4. The lowest BCUT2D eigenvalue weighted by molar-refractivity contribution is -0.118. The van der Waals surface area contributed by atoms with Crippen molar-refractivity contribution >= 4 is 22.4 Å². The number of nitrogens with two attached hydrogens (primary N) is 1. The van der Waals surface area contributed by atoms with Crippen molar-refractivity contribution in [2.24, 2.45) is 5.73 Å². The Morgan fingerprint density at radius 1 is 1.62 bits per heavy atom. The molecule has 0 fully saturated rings. The first kappa shape index (κ1) is 13.0. The van der Waals surface area contributed by atoms with Crippen LogP contribution in [0, 0.1) is 0 Å². The number of rotatable bonds is 6. The number of methoxy groups -OCH3 is 1. The van der Waals surface area contributed by atoms with Gasteiger partial charge in [0.2, 0.25) is 11.0 Å². The van der Waals surface area contributed by atoms with Crippen molar-refractivity contribution in [3.05, 3.63) is 5.01 Å². The van der Waals surface area contributed by atoms with Gasteiger partial charge in [-0.25, -0.2) is 0 Å². The molecule has 0 aliphatic heterocycles. The first-order chi connectivity index (χ1) is 7.69. The molecule has 1 atom stereocenters. The highest BCUT2D eigenvalue weighted by molar-refractivity contribution is 7.15. The maximum Gasteiger partial charge on any atom is 0.228 e. The number of nitrogens with one attached hydrogen (secondary N) is 1. The summed E-state index contributed by atoms with van der Waals surface area (Å²) < 4.78 is 5.02. The summed E-state index contributed by atoms with van der Waals surface area (Å²) in [6, 6.07) is 0. The van der Waals surface area contributed by atoms with E-state index in [0.29, 0.717) is 11.7 Å². The van der Waals surface area contributed by atoms with Crippen LogP contribution in [0.1, 0.15) is 18.4 Å². The smallest absolute Gasteiger partial charge is 0.228 e. The van der Waals surface area contributed by atoms with Gasteiger partial charge in [-0.15, -0.1) is 10.2 Å². The molecule has 0 spiro atoms.